The smallest absolute Gasteiger partial charge is 0.176 e. The molecule has 0 saturated heterocycles. The number of hydrogen-bond donors (Lipinski definition) is 1. The molecule has 0 radical (unpaired) electrons. The van der Waals surface area contributed by atoms with Crippen LogP contribution in [0.2, 0.25) is 0 Å². The number of aromatic hydroxyl groups is 1. The number of phenolic OH excluding ortho intramolecular Hbond substituents is 1. The molecule has 2 nitrogen and oxygen atoms in total. The summed E-state index contributed by atoms with van der Waals surface area (Å²) >= 11 is 1.78. The summed E-state index contributed by atoms with van der Waals surface area (Å²) in [4.78, 5) is 10.1. The van der Waals surface area contributed by atoms with Crippen LogP contribution in [0.4, 0.5) is 4.39 Å². The van der Waals surface area contributed by atoms with Crippen molar-refractivity contribution < 1.29 is 14.3 Å². The monoisotopic (exact) mass is 266 g/mol. The van der Waals surface area contributed by atoms with Crippen molar-refractivity contribution in [3.63, 3.8) is 0 Å². The Bertz CT molecular complexity index is 299. The summed E-state index contributed by atoms with van der Waals surface area (Å²) < 4.78 is 13.2. The summed E-state index contributed by atoms with van der Waals surface area (Å²) in [6.45, 7) is 0. The first-order valence-electron chi connectivity index (χ1n) is 2.79. The van der Waals surface area contributed by atoms with E-state index in [9.17, 15) is 9.18 Å². The van der Waals surface area contributed by atoms with Gasteiger partial charge in [-0.3, -0.25) is 4.79 Å². The Morgan fingerprint density at radius 2 is 2.18 bits per heavy atom. The van der Waals surface area contributed by atoms with Gasteiger partial charge in [0, 0.05) is 0 Å². The Labute approximate surface area is 76.2 Å². The van der Waals surface area contributed by atoms with Crippen molar-refractivity contribution in [1.29, 1.82) is 0 Å². The molecule has 58 valence electrons. The second-order valence-electron chi connectivity index (χ2n) is 1.92. The van der Waals surface area contributed by atoms with Crippen LogP contribution < -0.4 is 0 Å². The van der Waals surface area contributed by atoms with Gasteiger partial charge in [0.05, 0.1) is 9.13 Å². The van der Waals surface area contributed by atoms with Crippen LogP contribution >= 0.6 is 22.6 Å². The van der Waals surface area contributed by atoms with Gasteiger partial charge in [-0.15, -0.1) is 0 Å². The van der Waals surface area contributed by atoms with Crippen molar-refractivity contribution in [2.45, 2.75) is 0 Å². The number of rotatable bonds is 1. The van der Waals surface area contributed by atoms with Crippen molar-refractivity contribution >= 4 is 28.9 Å². The predicted molar refractivity (Wildman–Crippen MR) is 46.2 cm³/mol. The van der Waals surface area contributed by atoms with Gasteiger partial charge in [-0.25, -0.2) is 4.39 Å². The fourth-order valence-electron chi connectivity index (χ4n) is 0.648. The Kier molecular flexibility index (Phi) is 2.43. The number of carbonyl (C=O) groups is 1. The molecule has 0 saturated carbocycles. The van der Waals surface area contributed by atoms with Crippen LogP contribution in [-0.4, -0.2) is 11.4 Å². The van der Waals surface area contributed by atoms with Crippen molar-refractivity contribution in [2.75, 3.05) is 0 Å². The molecule has 1 rings (SSSR count). The molecule has 0 aliphatic heterocycles. The van der Waals surface area contributed by atoms with Crippen molar-refractivity contribution in [3.05, 3.63) is 27.1 Å². The molecular formula is C7H4FIO2. The lowest BCUT2D eigenvalue weighted by molar-refractivity contribution is 0.111. The lowest BCUT2D eigenvalue weighted by atomic mass is 10.2. The van der Waals surface area contributed by atoms with Crippen LogP contribution in [0.5, 0.6) is 5.75 Å². The maximum Gasteiger partial charge on any atom is 0.176 e. The number of halogens is 2. The van der Waals surface area contributed by atoms with Gasteiger partial charge in [-0.1, -0.05) is 0 Å². The Balaban J connectivity index is 3.36. The van der Waals surface area contributed by atoms with E-state index in [0.29, 0.717) is 9.86 Å². The highest BCUT2D eigenvalue weighted by atomic mass is 127. The summed E-state index contributed by atoms with van der Waals surface area (Å²) in [6.07, 6.45) is 0.366. The molecule has 0 heterocycles. The van der Waals surface area contributed by atoms with E-state index in [-0.39, 0.29) is 5.56 Å². The van der Waals surface area contributed by atoms with E-state index in [1.165, 1.54) is 12.1 Å². The summed E-state index contributed by atoms with van der Waals surface area (Å²) in [5.41, 5.74) is -0.122. The molecule has 0 atom stereocenters. The van der Waals surface area contributed by atoms with Crippen LogP contribution in [0.1, 0.15) is 10.4 Å². The fraction of sp³-hybridized carbons (Fsp3) is 0. The Morgan fingerprint density at radius 1 is 1.55 bits per heavy atom. The maximum atomic E-state index is 12.8. The minimum atomic E-state index is -0.855. The summed E-state index contributed by atoms with van der Waals surface area (Å²) in [5, 5.41) is 8.98. The van der Waals surface area contributed by atoms with Crippen molar-refractivity contribution in [2.24, 2.45) is 0 Å². The Hall–Kier alpha value is -0.650. The number of carbonyl (C=O) groups excluding carboxylic acids is 1. The molecule has 0 bridgehead atoms. The zero-order valence-electron chi connectivity index (χ0n) is 5.34. The highest BCUT2D eigenvalue weighted by Crippen LogP contribution is 2.24. The van der Waals surface area contributed by atoms with Gasteiger partial charge >= 0.3 is 0 Å². The first-order valence-corrected chi connectivity index (χ1v) is 3.87. The van der Waals surface area contributed by atoms with Crippen molar-refractivity contribution in [1.82, 2.24) is 0 Å². The molecule has 0 aliphatic rings. The summed E-state index contributed by atoms with van der Waals surface area (Å²) in [5.74, 6) is -1.32. The zero-order chi connectivity index (χ0) is 8.43. The van der Waals surface area contributed by atoms with Gasteiger partial charge in [0.1, 0.15) is 0 Å². The van der Waals surface area contributed by atoms with Crippen LogP contribution in [0.15, 0.2) is 12.1 Å². The van der Waals surface area contributed by atoms with Crippen LogP contribution in [0.25, 0.3) is 0 Å². The van der Waals surface area contributed by atoms with Gasteiger partial charge in [0.25, 0.3) is 0 Å². The predicted octanol–water partition coefficient (Wildman–Crippen LogP) is 1.95. The quantitative estimate of drug-likeness (QED) is 0.623. The molecule has 0 spiro atoms. The lowest BCUT2D eigenvalue weighted by Gasteiger charge is -1.99. The molecule has 1 N–H and O–H groups in total. The molecule has 0 unspecified atom stereocenters. The highest BCUT2D eigenvalue weighted by molar-refractivity contribution is 14.1. The van der Waals surface area contributed by atoms with Gasteiger partial charge in [0.15, 0.2) is 17.9 Å². The van der Waals surface area contributed by atoms with E-state index in [1.807, 2.05) is 0 Å². The Morgan fingerprint density at radius 3 is 2.73 bits per heavy atom. The number of benzene rings is 1. The highest BCUT2D eigenvalue weighted by Gasteiger charge is 2.08. The van der Waals surface area contributed by atoms with E-state index < -0.39 is 11.6 Å². The van der Waals surface area contributed by atoms with E-state index in [4.69, 9.17) is 5.11 Å². The molecule has 1 aromatic rings. The second-order valence-corrected chi connectivity index (χ2v) is 3.08. The number of hydrogen-bond acceptors (Lipinski definition) is 2. The van der Waals surface area contributed by atoms with Gasteiger partial charge < -0.3 is 5.11 Å². The minimum absolute atomic E-state index is 0.122. The molecule has 0 aromatic heterocycles. The summed E-state index contributed by atoms with van der Waals surface area (Å²) in [6, 6.07) is 2.80. The fourth-order valence-corrected chi connectivity index (χ4v) is 1.06. The molecule has 4 heteroatoms. The zero-order valence-corrected chi connectivity index (χ0v) is 7.50. The van der Waals surface area contributed by atoms with E-state index >= 15 is 0 Å². The van der Waals surface area contributed by atoms with Crippen LogP contribution in [-0.2, 0) is 0 Å². The lowest BCUT2D eigenvalue weighted by Crippen LogP contribution is -1.89. The topological polar surface area (TPSA) is 37.3 Å². The molecule has 0 aliphatic carbocycles. The minimum Gasteiger partial charge on any atom is -0.504 e. The van der Waals surface area contributed by atoms with E-state index in [2.05, 4.69) is 0 Å². The standard InChI is InChI=1S/C7H4FIO2/c8-6-4(3-10)1-2-5(9)7(6)11/h1-3,11H. The third kappa shape index (κ3) is 1.50. The van der Waals surface area contributed by atoms with Gasteiger partial charge in [-0.2, -0.15) is 0 Å². The van der Waals surface area contributed by atoms with E-state index in [1.54, 1.807) is 22.6 Å². The molecular weight excluding hydrogens is 262 g/mol. The average Bonchev–Trinajstić information content (AvgIpc) is 2.01. The SMILES string of the molecule is O=Cc1ccc(I)c(O)c1F. The van der Waals surface area contributed by atoms with Gasteiger partial charge in [0.2, 0.25) is 0 Å². The molecule has 0 fully saturated rings. The van der Waals surface area contributed by atoms with Gasteiger partial charge in [-0.05, 0) is 34.7 Å². The van der Waals surface area contributed by atoms with Crippen LogP contribution in [0, 0.1) is 9.39 Å². The normalized spacial score (nSPS) is 9.64. The molecule has 0 amide bonds. The molecule has 1 aromatic carbocycles. The summed E-state index contributed by atoms with van der Waals surface area (Å²) in [7, 11) is 0. The second kappa shape index (κ2) is 3.17. The number of aldehydes is 1. The average molecular weight is 266 g/mol. The first kappa shape index (κ1) is 8.45. The third-order valence-corrected chi connectivity index (χ3v) is 2.09. The maximum absolute atomic E-state index is 12.8. The first-order chi connectivity index (χ1) is 5.16. The number of phenols is 1. The molecule has 11 heavy (non-hydrogen) atoms. The van der Waals surface area contributed by atoms with E-state index in [0.717, 1.165) is 0 Å². The van der Waals surface area contributed by atoms with Crippen LogP contribution in [0.3, 0.4) is 0 Å². The third-order valence-electron chi connectivity index (χ3n) is 1.22. The van der Waals surface area contributed by atoms with Crippen molar-refractivity contribution in [3.8, 4) is 5.75 Å². The largest absolute Gasteiger partial charge is 0.504 e.